The largest absolute Gasteiger partial charge is 0.461 e. The Balaban J connectivity index is 1.99. The average molecular weight is 250 g/mol. The molecule has 0 aromatic rings. The minimum Gasteiger partial charge on any atom is -0.461 e. The molecule has 100 valence electrons. The molecule has 3 rings (SSSR count). The van der Waals surface area contributed by atoms with Crippen LogP contribution in [0, 0.1) is 23.2 Å². The summed E-state index contributed by atoms with van der Waals surface area (Å²) in [6.07, 6.45) is 4.86. The van der Waals surface area contributed by atoms with Crippen LogP contribution in [0.4, 0.5) is 0 Å². The van der Waals surface area contributed by atoms with Crippen molar-refractivity contribution in [3.8, 4) is 0 Å². The van der Waals surface area contributed by atoms with E-state index in [1.165, 1.54) is 5.57 Å². The summed E-state index contributed by atoms with van der Waals surface area (Å²) in [5, 5.41) is 10.1. The molecule has 0 spiro atoms. The monoisotopic (exact) mass is 250 g/mol. The number of ether oxygens (including phenoxy) is 1. The molecular weight excluding hydrogens is 228 g/mol. The van der Waals surface area contributed by atoms with E-state index < -0.39 is 0 Å². The first kappa shape index (κ1) is 12.2. The van der Waals surface area contributed by atoms with Gasteiger partial charge >= 0.3 is 5.97 Å². The minimum atomic E-state index is -0.228. The lowest BCUT2D eigenvalue weighted by molar-refractivity contribution is -0.145. The summed E-state index contributed by atoms with van der Waals surface area (Å²) in [7, 11) is 0. The molecule has 0 unspecified atom stereocenters. The first-order valence-corrected chi connectivity index (χ1v) is 7.03. The van der Waals surface area contributed by atoms with E-state index in [0.717, 1.165) is 19.3 Å². The van der Waals surface area contributed by atoms with Gasteiger partial charge in [-0.05, 0) is 24.7 Å². The molecule has 1 aliphatic heterocycles. The van der Waals surface area contributed by atoms with Crippen molar-refractivity contribution >= 4 is 5.97 Å². The van der Waals surface area contributed by atoms with Crippen molar-refractivity contribution in [1.29, 1.82) is 0 Å². The summed E-state index contributed by atoms with van der Waals surface area (Å²) in [6.45, 7) is 6.32. The van der Waals surface area contributed by atoms with Crippen molar-refractivity contribution < 1.29 is 14.6 Å². The summed E-state index contributed by atoms with van der Waals surface area (Å²) >= 11 is 0. The topological polar surface area (TPSA) is 46.5 Å². The van der Waals surface area contributed by atoms with Gasteiger partial charge in [0.25, 0.3) is 0 Å². The number of aliphatic hydroxyl groups is 1. The van der Waals surface area contributed by atoms with Crippen LogP contribution in [0.25, 0.3) is 0 Å². The van der Waals surface area contributed by atoms with Crippen molar-refractivity contribution in [2.24, 2.45) is 23.2 Å². The lowest BCUT2D eigenvalue weighted by Gasteiger charge is -2.47. The number of esters is 1. The zero-order chi connectivity index (χ0) is 13.1. The highest BCUT2D eigenvalue weighted by molar-refractivity contribution is 5.75. The molecule has 3 nitrogen and oxygen atoms in total. The van der Waals surface area contributed by atoms with Gasteiger partial charge in [-0.1, -0.05) is 32.4 Å². The van der Waals surface area contributed by atoms with Gasteiger partial charge in [0.05, 0.1) is 12.0 Å². The third kappa shape index (κ3) is 1.56. The summed E-state index contributed by atoms with van der Waals surface area (Å²) in [5.41, 5.74) is 1.47. The van der Waals surface area contributed by atoms with E-state index in [1.54, 1.807) is 0 Å². The van der Waals surface area contributed by atoms with Gasteiger partial charge in [0, 0.05) is 11.8 Å². The summed E-state index contributed by atoms with van der Waals surface area (Å²) in [5.74, 6) is 0.344. The predicted octanol–water partition coefficient (Wildman–Crippen LogP) is 2.29. The molecule has 1 saturated carbocycles. The van der Waals surface area contributed by atoms with Gasteiger partial charge in [-0.2, -0.15) is 0 Å². The van der Waals surface area contributed by atoms with E-state index in [-0.39, 0.29) is 41.3 Å². The van der Waals surface area contributed by atoms with Gasteiger partial charge in [-0.25, -0.2) is 0 Å². The van der Waals surface area contributed by atoms with Gasteiger partial charge in [0.2, 0.25) is 0 Å². The van der Waals surface area contributed by atoms with Crippen LogP contribution in [-0.2, 0) is 9.53 Å². The fraction of sp³-hybridized carbons (Fsp3) is 0.800. The first-order valence-electron chi connectivity index (χ1n) is 7.03. The van der Waals surface area contributed by atoms with E-state index >= 15 is 0 Å². The number of fused-ring (bicyclic) bond motifs is 2. The number of aliphatic hydroxyl groups excluding tert-OH is 1. The van der Waals surface area contributed by atoms with Crippen molar-refractivity contribution in [3.63, 3.8) is 0 Å². The van der Waals surface area contributed by atoms with Crippen LogP contribution in [0.1, 0.15) is 40.0 Å². The van der Waals surface area contributed by atoms with Crippen molar-refractivity contribution in [2.75, 3.05) is 0 Å². The number of hydrogen-bond acceptors (Lipinski definition) is 3. The fourth-order valence-electron chi connectivity index (χ4n) is 4.09. The molecule has 0 radical (unpaired) electrons. The zero-order valence-corrected chi connectivity index (χ0v) is 11.3. The highest BCUT2D eigenvalue weighted by atomic mass is 16.6. The van der Waals surface area contributed by atoms with E-state index in [4.69, 9.17) is 4.74 Å². The van der Waals surface area contributed by atoms with Crippen LogP contribution in [0.3, 0.4) is 0 Å². The van der Waals surface area contributed by atoms with Crippen LogP contribution < -0.4 is 0 Å². The van der Waals surface area contributed by atoms with Crippen LogP contribution in [-0.4, -0.2) is 23.3 Å². The highest BCUT2D eigenvalue weighted by Gasteiger charge is 2.51. The zero-order valence-electron chi connectivity index (χ0n) is 11.3. The van der Waals surface area contributed by atoms with Gasteiger partial charge in [0.1, 0.15) is 6.10 Å². The SMILES string of the molecule is C[C@@H]1C2=C[C@H]3[C@@H](C[C@@]2(C)CC[C@H]1O)OC(=O)[C@@H]3C. The van der Waals surface area contributed by atoms with E-state index in [2.05, 4.69) is 19.9 Å². The third-order valence-corrected chi connectivity index (χ3v) is 5.43. The second-order valence-corrected chi connectivity index (χ2v) is 6.62. The Labute approximate surface area is 108 Å². The van der Waals surface area contributed by atoms with Gasteiger partial charge in [-0.3, -0.25) is 4.79 Å². The second-order valence-electron chi connectivity index (χ2n) is 6.62. The van der Waals surface area contributed by atoms with Gasteiger partial charge in [0.15, 0.2) is 0 Å². The molecule has 0 amide bonds. The second kappa shape index (κ2) is 3.83. The maximum absolute atomic E-state index is 11.7. The summed E-state index contributed by atoms with van der Waals surface area (Å²) < 4.78 is 5.51. The average Bonchev–Trinajstić information content (AvgIpc) is 2.58. The Morgan fingerprint density at radius 3 is 2.83 bits per heavy atom. The summed E-state index contributed by atoms with van der Waals surface area (Å²) in [4.78, 5) is 11.7. The predicted molar refractivity (Wildman–Crippen MR) is 67.7 cm³/mol. The van der Waals surface area contributed by atoms with Crippen molar-refractivity contribution in [1.82, 2.24) is 0 Å². The summed E-state index contributed by atoms with van der Waals surface area (Å²) in [6, 6.07) is 0. The van der Waals surface area contributed by atoms with E-state index in [9.17, 15) is 9.90 Å². The standard InChI is InChI=1S/C15H22O3/c1-8-10-6-11-9(2)12(16)4-5-15(11,3)7-13(10)18-14(8)17/h6,8-10,12-13,16H,4-5,7H2,1-3H3/t8-,9-,10-,12-,13-,15-/m1/s1. The Morgan fingerprint density at radius 1 is 1.39 bits per heavy atom. The quantitative estimate of drug-likeness (QED) is 0.530. The van der Waals surface area contributed by atoms with Crippen LogP contribution >= 0.6 is 0 Å². The molecule has 0 aromatic heterocycles. The maximum atomic E-state index is 11.7. The number of hydrogen-bond donors (Lipinski definition) is 1. The van der Waals surface area contributed by atoms with Crippen LogP contribution in [0.2, 0.25) is 0 Å². The number of carbonyl (C=O) groups excluding carboxylic acids is 1. The Bertz CT molecular complexity index is 414. The fourth-order valence-corrected chi connectivity index (χ4v) is 4.09. The molecule has 0 aromatic carbocycles. The van der Waals surface area contributed by atoms with Gasteiger partial charge < -0.3 is 9.84 Å². The Kier molecular flexibility index (Phi) is 2.60. The number of rotatable bonds is 0. The molecule has 1 N–H and O–H groups in total. The Hall–Kier alpha value is -0.830. The van der Waals surface area contributed by atoms with Gasteiger partial charge in [-0.15, -0.1) is 0 Å². The highest BCUT2D eigenvalue weighted by Crippen LogP contribution is 2.53. The molecule has 2 aliphatic carbocycles. The Morgan fingerprint density at radius 2 is 2.11 bits per heavy atom. The molecule has 2 fully saturated rings. The minimum absolute atomic E-state index is 0.0293. The molecule has 1 saturated heterocycles. The molecule has 3 aliphatic rings. The first-order chi connectivity index (χ1) is 8.42. The molecule has 3 heteroatoms. The van der Waals surface area contributed by atoms with Crippen molar-refractivity contribution in [2.45, 2.75) is 52.2 Å². The number of carbonyl (C=O) groups is 1. The van der Waals surface area contributed by atoms with E-state index in [0.29, 0.717) is 0 Å². The molecule has 18 heavy (non-hydrogen) atoms. The lowest BCUT2D eigenvalue weighted by atomic mass is 9.59. The lowest BCUT2D eigenvalue weighted by Crippen LogP contribution is -2.43. The smallest absolute Gasteiger partial charge is 0.309 e. The van der Waals surface area contributed by atoms with Crippen LogP contribution in [0.15, 0.2) is 11.6 Å². The normalized spacial score (nSPS) is 51.2. The molecule has 0 bridgehead atoms. The molecule has 1 heterocycles. The molecule has 6 atom stereocenters. The maximum Gasteiger partial charge on any atom is 0.309 e. The van der Waals surface area contributed by atoms with Crippen LogP contribution in [0.5, 0.6) is 0 Å². The third-order valence-electron chi connectivity index (χ3n) is 5.43. The van der Waals surface area contributed by atoms with Crippen molar-refractivity contribution in [3.05, 3.63) is 11.6 Å². The van der Waals surface area contributed by atoms with E-state index in [1.807, 2.05) is 6.92 Å². The molecular formula is C15H22O3.